The van der Waals surface area contributed by atoms with Crippen LogP contribution in [0.5, 0.6) is 0 Å². The average Bonchev–Trinajstić information content (AvgIpc) is 3.08. The Balaban J connectivity index is 1.65. The third kappa shape index (κ3) is 5.00. The van der Waals surface area contributed by atoms with E-state index in [-0.39, 0.29) is 0 Å². The third-order valence-electron chi connectivity index (χ3n) is 3.90. The van der Waals surface area contributed by atoms with E-state index in [2.05, 4.69) is 71.1 Å². The van der Waals surface area contributed by atoms with Crippen molar-refractivity contribution in [2.45, 2.75) is 36.5 Å². The van der Waals surface area contributed by atoms with Crippen LogP contribution in [0.25, 0.3) is 0 Å². The Hall–Kier alpha value is -2.00. The number of imidazole rings is 1. The number of aromatic nitrogens is 2. The SMILES string of the molecule is Cc1ccc(CCC(Cn2ccnc2)Sc2ccccc2)cc1. The molecular formula is C20H22N2S. The lowest BCUT2D eigenvalue weighted by atomic mass is 10.1. The van der Waals surface area contributed by atoms with Gasteiger partial charge in [-0.3, -0.25) is 0 Å². The summed E-state index contributed by atoms with van der Waals surface area (Å²) < 4.78 is 2.18. The summed E-state index contributed by atoms with van der Waals surface area (Å²) in [6.45, 7) is 3.13. The van der Waals surface area contributed by atoms with E-state index in [1.807, 2.05) is 30.5 Å². The van der Waals surface area contributed by atoms with Crippen molar-refractivity contribution >= 4 is 11.8 Å². The Labute approximate surface area is 142 Å². The molecule has 2 aromatic carbocycles. The van der Waals surface area contributed by atoms with Gasteiger partial charge < -0.3 is 4.57 Å². The molecule has 0 saturated carbocycles. The van der Waals surface area contributed by atoms with Gasteiger partial charge in [0.25, 0.3) is 0 Å². The summed E-state index contributed by atoms with van der Waals surface area (Å²) >= 11 is 1.96. The maximum Gasteiger partial charge on any atom is 0.0946 e. The van der Waals surface area contributed by atoms with Crippen LogP contribution in [0.4, 0.5) is 0 Å². The number of benzene rings is 2. The first kappa shape index (κ1) is 15.9. The molecule has 0 aliphatic rings. The highest BCUT2D eigenvalue weighted by molar-refractivity contribution is 8.00. The Bertz CT molecular complexity index is 690. The second kappa shape index (κ2) is 8.02. The van der Waals surface area contributed by atoms with Crippen molar-refractivity contribution in [1.82, 2.24) is 9.55 Å². The summed E-state index contributed by atoms with van der Waals surface area (Å²) in [5.74, 6) is 0. The van der Waals surface area contributed by atoms with Gasteiger partial charge in [-0.15, -0.1) is 11.8 Å². The molecular weight excluding hydrogens is 300 g/mol. The Morgan fingerprint density at radius 1 is 1.04 bits per heavy atom. The minimum Gasteiger partial charge on any atom is -0.336 e. The summed E-state index contributed by atoms with van der Waals surface area (Å²) in [6.07, 6.45) is 8.07. The van der Waals surface area contributed by atoms with Gasteiger partial charge in [0.15, 0.2) is 0 Å². The predicted molar refractivity (Wildman–Crippen MR) is 97.8 cm³/mol. The van der Waals surface area contributed by atoms with Crippen LogP contribution in [0.15, 0.2) is 78.2 Å². The molecule has 0 aliphatic heterocycles. The topological polar surface area (TPSA) is 17.8 Å². The number of aryl methyl sites for hydroxylation is 2. The lowest BCUT2D eigenvalue weighted by Gasteiger charge is -2.17. The van der Waals surface area contributed by atoms with Gasteiger partial charge in [-0.25, -0.2) is 4.98 Å². The Kier molecular flexibility index (Phi) is 5.54. The van der Waals surface area contributed by atoms with Crippen LogP contribution >= 0.6 is 11.8 Å². The number of hydrogen-bond donors (Lipinski definition) is 0. The van der Waals surface area contributed by atoms with E-state index < -0.39 is 0 Å². The van der Waals surface area contributed by atoms with Gasteiger partial charge in [0.05, 0.1) is 6.33 Å². The van der Waals surface area contributed by atoms with E-state index in [4.69, 9.17) is 0 Å². The first-order valence-electron chi connectivity index (χ1n) is 8.02. The summed E-state index contributed by atoms with van der Waals surface area (Å²) in [4.78, 5) is 5.50. The number of rotatable bonds is 7. The van der Waals surface area contributed by atoms with Crippen molar-refractivity contribution in [3.05, 3.63) is 84.4 Å². The third-order valence-corrected chi connectivity index (χ3v) is 5.16. The molecule has 0 bridgehead atoms. The molecule has 3 rings (SSSR count). The fourth-order valence-electron chi connectivity index (χ4n) is 2.59. The van der Waals surface area contributed by atoms with Crippen LogP contribution in [0.1, 0.15) is 17.5 Å². The molecule has 0 radical (unpaired) electrons. The smallest absolute Gasteiger partial charge is 0.0946 e. The monoisotopic (exact) mass is 322 g/mol. The maximum atomic E-state index is 4.16. The normalized spacial score (nSPS) is 12.2. The highest BCUT2D eigenvalue weighted by Gasteiger charge is 2.12. The second-order valence-corrected chi connectivity index (χ2v) is 7.21. The first-order chi connectivity index (χ1) is 11.3. The molecule has 0 aliphatic carbocycles. The summed E-state index contributed by atoms with van der Waals surface area (Å²) in [6, 6.07) is 19.6. The lowest BCUT2D eigenvalue weighted by molar-refractivity contribution is 0.624. The molecule has 118 valence electrons. The van der Waals surface area contributed by atoms with E-state index in [0.717, 1.165) is 19.4 Å². The maximum absolute atomic E-state index is 4.16. The van der Waals surface area contributed by atoms with Crippen LogP contribution in [0.3, 0.4) is 0 Å². The van der Waals surface area contributed by atoms with Crippen LogP contribution in [-0.2, 0) is 13.0 Å². The fraction of sp³-hybridized carbons (Fsp3) is 0.250. The molecule has 0 N–H and O–H groups in total. The molecule has 3 heteroatoms. The molecule has 1 heterocycles. The Morgan fingerprint density at radius 2 is 1.83 bits per heavy atom. The van der Waals surface area contributed by atoms with Crippen molar-refractivity contribution in [2.24, 2.45) is 0 Å². The minimum absolute atomic E-state index is 0.535. The van der Waals surface area contributed by atoms with Crippen LogP contribution in [-0.4, -0.2) is 14.8 Å². The molecule has 0 amide bonds. The zero-order valence-electron chi connectivity index (χ0n) is 13.4. The zero-order valence-corrected chi connectivity index (χ0v) is 14.2. The lowest BCUT2D eigenvalue weighted by Crippen LogP contribution is -2.13. The quantitative estimate of drug-likeness (QED) is 0.571. The van der Waals surface area contributed by atoms with Gasteiger partial charge in [0.1, 0.15) is 0 Å². The van der Waals surface area contributed by atoms with Crippen molar-refractivity contribution in [2.75, 3.05) is 0 Å². The van der Waals surface area contributed by atoms with Gasteiger partial charge in [-0.05, 0) is 37.5 Å². The fourth-order valence-corrected chi connectivity index (χ4v) is 3.77. The summed E-state index contributed by atoms with van der Waals surface area (Å²) in [5, 5.41) is 0.535. The molecule has 0 fully saturated rings. The van der Waals surface area contributed by atoms with E-state index in [9.17, 15) is 0 Å². The van der Waals surface area contributed by atoms with Crippen LogP contribution < -0.4 is 0 Å². The number of hydrogen-bond acceptors (Lipinski definition) is 2. The number of thioether (sulfide) groups is 1. The molecule has 3 aromatic rings. The van der Waals surface area contributed by atoms with Gasteiger partial charge in [0.2, 0.25) is 0 Å². The molecule has 1 aromatic heterocycles. The van der Waals surface area contributed by atoms with Crippen molar-refractivity contribution in [1.29, 1.82) is 0 Å². The van der Waals surface area contributed by atoms with Crippen LogP contribution in [0, 0.1) is 6.92 Å². The largest absolute Gasteiger partial charge is 0.336 e. The molecule has 1 atom stereocenters. The average molecular weight is 322 g/mol. The summed E-state index contributed by atoms with van der Waals surface area (Å²) in [7, 11) is 0. The van der Waals surface area contributed by atoms with E-state index in [0.29, 0.717) is 5.25 Å². The molecule has 2 nitrogen and oxygen atoms in total. The molecule has 0 saturated heterocycles. The van der Waals surface area contributed by atoms with E-state index >= 15 is 0 Å². The van der Waals surface area contributed by atoms with Gasteiger partial charge in [0, 0.05) is 29.1 Å². The highest BCUT2D eigenvalue weighted by Crippen LogP contribution is 2.27. The van der Waals surface area contributed by atoms with Gasteiger partial charge in [-0.2, -0.15) is 0 Å². The van der Waals surface area contributed by atoms with Crippen molar-refractivity contribution in [3.8, 4) is 0 Å². The predicted octanol–water partition coefficient (Wildman–Crippen LogP) is 4.99. The molecule has 1 unspecified atom stereocenters. The first-order valence-corrected chi connectivity index (χ1v) is 8.90. The number of nitrogens with zero attached hydrogens (tertiary/aromatic N) is 2. The Morgan fingerprint density at radius 3 is 2.52 bits per heavy atom. The van der Waals surface area contributed by atoms with Gasteiger partial charge >= 0.3 is 0 Å². The minimum atomic E-state index is 0.535. The summed E-state index contributed by atoms with van der Waals surface area (Å²) in [5.41, 5.74) is 2.74. The van der Waals surface area contributed by atoms with Gasteiger partial charge in [-0.1, -0.05) is 48.0 Å². The molecule has 0 spiro atoms. The van der Waals surface area contributed by atoms with Crippen molar-refractivity contribution < 1.29 is 0 Å². The van der Waals surface area contributed by atoms with E-state index in [1.54, 1.807) is 0 Å². The highest BCUT2D eigenvalue weighted by atomic mass is 32.2. The zero-order chi connectivity index (χ0) is 15.9. The second-order valence-electron chi connectivity index (χ2n) is 5.84. The molecule has 23 heavy (non-hydrogen) atoms. The van der Waals surface area contributed by atoms with Crippen molar-refractivity contribution in [3.63, 3.8) is 0 Å². The van der Waals surface area contributed by atoms with E-state index in [1.165, 1.54) is 16.0 Å². The van der Waals surface area contributed by atoms with Crippen LogP contribution in [0.2, 0.25) is 0 Å². The standard InChI is InChI=1S/C20H22N2S/c1-17-7-9-18(10-8-17)11-12-20(15-22-14-13-21-16-22)23-19-5-3-2-4-6-19/h2-10,13-14,16,20H,11-12,15H2,1H3.